The van der Waals surface area contributed by atoms with Gasteiger partial charge in [-0.1, -0.05) is 11.2 Å². The summed E-state index contributed by atoms with van der Waals surface area (Å²) in [4.78, 5) is 4.14. The molecule has 0 aliphatic carbocycles. The maximum absolute atomic E-state index is 12.5. The van der Waals surface area contributed by atoms with E-state index in [9.17, 15) is 4.57 Å². The van der Waals surface area contributed by atoms with E-state index in [1.807, 2.05) is 6.07 Å². The third kappa shape index (κ3) is 3.10. The van der Waals surface area contributed by atoms with Crippen LogP contribution in [0.3, 0.4) is 0 Å². The molecule has 0 aliphatic heterocycles. The zero-order valence-corrected chi connectivity index (χ0v) is 11.7. The fraction of sp³-hybridized carbons (Fsp3) is 0.333. The lowest BCUT2D eigenvalue weighted by atomic mass is 10.3. The number of hydrogen-bond donors (Lipinski definition) is 0. The Morgan fingerprint density at radius 3 is 2.53 bits per heavy atom. The maximum Gasteiger partial charge on any atom is 0.399 e. The topological polar surface area (TPSA) is 74.5 Å². The molecule has 0 saturated carbocycles. The summed E-state index contributed by atoms with van der Waals surface area (Å²) >= 11 is 0. The highest BCUT2D eigenvalue weighted by atomic mass is 31.2. The Morgan fingerprint density at radius 2 is 1.95 bits per heavy atom. The quantitative estimate of drug-likeness (QED) is 0.758. The molecule has 0 saturated heterocycles. The fourth-order valence-corrected chi connectivity index (χ4v) is 2.96. The molecule has 0 spiro atoms. The molecule has 0 unspecified atom stereocenters. The van der Waals surface area contributed by atoms with Crippen LogP contribution in [0.25, 0.3) is 11.4 Å². The van der Waals surface area contributed by atoms with Crippen molar-refractivity contribution in [3.8, 4) is 11.4 Å². The van der Waals surface area contributed by atoms with Crippen molar-refractivity contribution in [2.45, 2.75) is 13.8 Å². The van der Waals surface area contributed by atoms with Gasteiger partial charge in [0, 0.05) is 12.3 Å². The van der Waals surface area contributed by atoms with Gasteiger partial charge in [-0.2, -0.15) is 0 Å². The Labute approximate surface area is 111 Å². The molecular formula is C12H15N2O4P. The van der Waals surface area contributed by atoms with Crippen molar-refractivity contribution in [2.24, 2.45) is 0 Å². The van der Waals surface area contributed by atoms with Crippen LogP contribution in [0.5, 0.6) is 0 Å². The highest BCUT2D eigenvalue weighted by Crippen LogP contribution is 2.47. The van der Waals surface area contributed by atoms with Gasteiger partial charge in [0.25, 0.3) is 0 Å². The Bertz CT molecular complexity index is 560. The molecule has 0 N–H and O–H groups in total. The Hall–Kier alpha value is -1.49. The van der Waals surface area contributed by atoms with Gasteiger partial charge in [0.05, 0.1) is 18.9 Å². The van der Waals surface area contributed by atoms with E-state index >= 15 is 0 Å². The van der Waals surface area contributed by atoms with Crippen LogP contribution in [-0.2, 0) is 13.6 Å². The first kappa shape index (κ1) is 13.9. The van der Waals surface area contributed by atoms with Crippen molar-refractivity contribution in [3.63, 3.8) is 0 Å². The van der Waals surface area contributed by atoms with Crippen LogP contribution in [0.2, 0.25) is 0 Å². The van der Waals surface area contributed by atoms with Crippen molar-refractivity contribution in [3.05, 3.63) is 30.5 Å². The molecule has 0 bridgehead atoms. The maximum atomic E-state index is 12.5. The molecule has 2 aromatic heterocycles. The van der Waals surface area contributed by atoms with Crippen molar-refractivity contribution in [1.82, 2.24) is 10.1 Å². The molecule has 0 amide bonds. The van der Waals surface area contributed by atoms with E-state index in [2.05, 4.69) is 10.1 Å². The van der Waals surface area contributed by atoms with Gasteiger partial charge in [0.1, 0.15) is 5.69 Å². The van der Waals surface area contributed by atoms with Crippen LogP contribution < -0.4 is 5.50 Å². The molecule has 19 heavy (non-hydrogen) atoms. The SMILES string of the molecule is CCOP(=O)(OCC)c1cc(-c2ccccn2)no1. The second-order valence-electron chi connectivity index (χ2n) is 3.60. The van der Waals surface area contributed by atoms with Gasteiger partial charge in [-0.3, -0.25) is 9.55 Å². The average molecular weight is 282 g/mol. The smallest absolute Gasteiger partial charge is 0.348 e. The standard InChI is InChI=1S/C12H15N2O4P/c1-3-16-19(15,17-4-2)12-9-11(14-18-12)10-7-5-6-8-13-10/h5-9H,3-4H2,1-2H3. The van der Waals surface area contributed by atoms with Crippen molar-refractivity contribution in [2.75, 3.05) is 13.2 Å². The number of rotatable bonds is 6. The summed E-state index contributed by atoms with van der Waals surface area (Å²) in [5.41, 5.74) is 1.23. The third-order valence-electron chi connectivity index (χ3n) is 2.29. The summed E-state index contributed by atoms with van der Waals surface area (Å²) in [7, 11) is -3.43. The van der Waals surface area contributed by atoms with E-state index in [0.29, 0.717) is 11.4 Å². The number of aromatic nitrogens is 2. The van der Waals surface area contributed by atoms with E-state index in [4.69, 9.17) is 13.6 Å². The van der Waals surface area contributed by atoms with Crippen molar-refractivity contribution in [1.29, 1.82) is 0 Å². The first-order valence-electron chi connectivity index (χ1n) is 5.97. The number of pyridine rings is 1. The lowest BCUT2D eigenvalue weighted by Gasteiger charge is -2.12. The molecule has 2 heterocycles. The summed E-state index contributed by atoms with van der Waals surface area (Å²) in [5, 5.41) is 3.85. The zero-order chi connectivity index (χ0) is 13.7. The molecule has 0 aromatic carbocycles. The van der Waals surface area contributed by atoms with E-state index in [0.717, 1.165) is 0 Å². The average Bonchev–Trinajstić information content (AvgIpc) is 2.90. The molecule has 0 radical (unpaired) electrons. The van der Waals surface area contributed by atoms with Crippen molar-refractivity contribution < 1.29 is 18.1 Å². The van der Waals surface area contributed by atoms with Crippen LogP contribution >= 0.6 is 7.60 Å². The summed E-state index contributed by atoms with van der Waals surface area (Å²) in [6.07, 6.45) is 1.65. The minimum absolute atomic E-state index is 0.0943. The summed E-state index contributed by atoms with van der Waals surface area (Å²) in [5.74, 6) is 0. The van der Waals surface area contributed by atoms with E-state index in [1.165, 1.54) is 6.07 Å². The summed E-state index contributed by atoms with van der Waals surface area (Å²) in [6, 6.07) is 6.96. The van der Waals surface area contributed by atoms with E-state index in [-0.39, 0.29) is 18.7 Å². The lowest BCUT2D eigenvalue weighted by molar-refractivity contribution is 0.223. The predicted molar refractivity (Wildman–Crippen MR) is 70.2 cm³/mol. The molecule has 0 aliphatic rings. The van der Waals surface area contributed by atoms with Gasteiger partial charge in [-0.15, -0.1) is 0 Å². The van der Waals surface area contributed by atoms with Gasteiger partial charge in [-0.25, -0.2) is 0 Å². The first-order valence-corrected chi connectivity index (χ1v) is 7.51. The Balaban J connectivity index is 2.32. The van der Waals surface area contributed by atoms with E-state index in [1.54, 1.807) is 32.2 Å². The van der Waals surface area contributed by atoms with Crippen LogP contribution in [0, 0.1) is 0 Å². The highest BCUT2D eigenvalue weighted by Gasteiger charge is 2.32. The molecule has 6 nitrogen and oxygen atoms in total. The highest BCUT2D eigenvalue weighted by molar-refractivity contribution is 7.61. The molecule has 0 atom stereocenters. The number of nitrogens with zero attached hydrogens (tertiary/aromatic N) is 2. The molecule has 7 heteroatoms. The second-order valence-corrected chi connectivity index (χ2v) is 5.55. The fourth-order valence-electron chi connectivity index (χ4n) is 1.53. The lowest BCUT2D eigenvalue weighted by Crippen LogP contribution is -2.08. The predicted octanol–water partition coefficient (Wildman–Crippen LogP) is 2.63. The molecule has 2 rings (SSSR count). The Morgan fingerprint density at radius 1 is 1.21 bits per heavy atom. The van der Waals surface area contributed by atoms with Crippen LogP contribution in [0.15, 0.2) is 35.0 Å². The second kappa shape index (κ2) is 6.10. The van der Waals surface area contributed by atoms with E-state index < -0.39 is 7.60 Å². The molecule has 102 valence electrons. The van der Waals surface area contributed by atoms with Gasteiger partial charge in [-0.05, 0) is 26.0 Å². The van der Waals surface area contributed by atoms with Crippen LogP contribution in [-0.4, -0.2) is 23.4 Å². The first-order chi connectivity index (χ1) is 9.19. The normalized spacial score (nSPS) is 11.7. The minimum Gasteiger partial charge on any atom is -0.348 e. The zero-order valence-electron chi connectivity index (χ0n) is 10.8. The summed E-state index contributed by atoms with van der Waals surface area (Å²) < 4.78 is 27.9. The molecule has 0 fully saturated rings. The van der Waals surface area contributed by atoms with Gasteiger partial charge in [0.15, 0.2) is 0 Å². The van der Waals surface area contributed by atoms with Gasteiger partial charge >= 0.3 is 7.60 Å². The van der Waals surface area contributed by atoms with Crippen LogP contribution in [0.4, 0.5) is 0 Å². The minimum atomic E-state index is -3.43. The number of hydrogen-bond acceptors (Lipinski definition) is 6. The third-order valence-corrected chi connectivity index (χ3v) is 4.24. The van der Waals surface area contributed by atoms with Crippen LogP contribution in [0.1, 0.15) is 13.8 Å². The monoisotopic (exact) mass is 282 g/mol. The summed E-state index contributed by atoms with van der Waals surface area (Å²) in [6.45, 7) is 4.00. The van der Waals surface area contributed by atoms with Gasteiger partial charge < -0.3 is 13.6 Å². The van der Waals surface area contributed by atoms with Gasteiger partial charge in [0.2, 0.25) is 5.50 Å². The Kier molecular flexibility index (Phi) is 4.47. The largest absolute Gasteiger partial charge is 0.399 e. The van der Waals surface area contributed by atoms with Crippen molar-refractivity contribution >= 4 is 13.1 Å². The molecule has 2 aromatic rings. The molecular weight excluding hydrogens is 267 g/mol.